The molecule has 0 aliphatic carbocycles. The zero-order valence-corrected chi connectivity index (χ0v) is 15.3. The SMILES string of the molecule is COc1ccccc1-c1nc(CSc2ncnc3ccsc23)cs1. The van der Waals surface area contributed by atoms with E-state index < -0.39 is 0 Å². The Hall–Kier alpha value is -1.96. The molecular formula is C17H13N3OS3. The maximum atomic E-state index is 5.42. The van der Waals surface area contributed by atoms with E-state index in [1.807, 2.05) is 35.7 Å². The van der Waals surface area contributed by atoms with Gasteiger partial charge in [-0.2, -0.15) is 0 Å². The quantitative estimate of drug-likeness (QED) is 0.360. The van der Waals surface area contributed by atoms with E-state index in [2.05, 4.69) is 15.3 Å². The molecule has 0 bridgehead atoms. The molecule has 7 heteroatoms. The van der Waals surface area contributed by atoms with E-state index in [1.165, 1.54) is 0 Å². The molecule has 4 nitrogen and oxygen atoms in total. The molecule has 0 atom stereocenters. The Bertz CT molecular complexity index is 980. The Labute approximate surface area is 151 Å². The first-order chi connectivity index (χ1) is 11.8. The topological polar surface area (TPSA) is 47.9 Å². The molecule has 1 aromatic carbocycles. The molecule has 120 valence electrons. The molecule has 4 rings (SSSR count). The van der Waals surface area contributed by atoms with Crippen molar-refractivity contribution in [2.45, 2.75) is 10.8 Å². The maximum Gasteiger partial charge on any atom is 0.129 e. The molecule has 3 heterocycles. The maximum absolute atomic E-state index is 5.42. The molecule has 0 aliphatic rings. The number of para-hydroxylation sites is 1. The van der Waals surface area contributed by atoms with Crippen molar-refractivity contribution in [2.24, 2.45) is 0 Å². The van der Waals surface area contributed by atoms with Gasteiger partial charge in [0.1, 0.15) is 22.1 Å². The van der Waals surface area contributed by atoms with Crippen LogP contribution in [0.5, 0.6) is 5.75 Å². The largest absolute Gasteiger partial charge is 0.496 e. The highest BCUT2D eigenvalue weighted by Gasteiger charge is 2.11. The van der Waals surface area contributed by atoms with Crippen LogP contribution >= 0.6 is 34.4 Å². The van der Waals surface area contributed by atoms with E-state index >= 15 is 0 Å². The number of rotatable bonds is 5. The lowest BCUT2D eigenvalue weighted by atomic mass is 10.2. The third kappa shape index (κ3) is 3.02. The average molecular weight is 372 g/mol. The third-order valence-electron chi connectivity index (χ3n) is 3.46. The number of methoxy groups -OCH3 is 1. The van der Waals surface area contributed by atoms with Gasteiger partial charge in [-0.1, -0.05) is 23.9 Å². The molecule has 3 aromatic heterocycles. The van der Waals surface area contributed by atoms with Gasteiger partial charge in [0, 0.05) is 11.1 Å². The first kappa shape index (κ1) is 15.6. The summed E-state index contributed by atoms with van der Waals surface area (Å²) < 4.78 is 6.56. The summed E-state index contributed by atoms with van der Waals surface area (Å²) in [6, 6.07) is 9.98. The van der Waals surface area contributed by atoms with Crippen LogP contribution in [-0.2, 0) is 5.75 Å². The van der Waals surface area contributed by atoms with Gasteiger partial charge in [-0.05, 0) is 23.6 Å². The second-order valence-corrected chi connectivity index (χ2v) is 7.69. The fraction of sp³-hybridized carbons (Fsp3) is 0.118. The van der Waals surface area contributed by atoms with Gasteiger partial charge in [0.05, 0.1) is 28.6 Å². The number of nitrogens with zero attached hydrogens (tertiary/aromatic N) is 3. The fourth-order valence-corrected chi connectivity index (χ4v) is 5.12. The molecule has 0 saturated heterocycles. The Morgan fingerprint density at radius 3 is 2.96 bits per heavy atom. The zero-order chi connectivity index (χ0) is 16.4. The molecular weight excluding hydrogens is 358 g/mol. The number of aromatic nitrogens is 3. The van der Waals surface area contributed by atoms with Gasteiger partial charge < -0.3 is 4.74 Å². The zero-order valence-electron chi connectivity index (χ0n) is 12.8. The second kappa shape index (κ2) is 6.88. The highest BCUT2D eigenvalue weighted by Crippen LogP contribution is 2.34. The molecule has 0 spiro atoms. The Kier molecular flexibility index (Phi) is 4.46. The molecule has 0 unspecified atom stereocenters. The number of benzene rings is 1. The number of thiazole rings is 1. The number of hydrogen-bond donors (Lipinski definition) is 0. The summed E-state index contributed by atoms with van der Waals surface area (Å²) in [7, 11) is 1.69. The number of thioether (sulfide) groups is 1. The van der Waals surface area contributed by atoms with Crippen LogP contribution in [0.25, 0.3) is 20.8 Å². The van der Waals surface area contributed by atoms with E-state index in [0.717, 1.165) is 43.0 Å². The molecule has 0 N–H and O–H groups in total. The van der Waals surface area contributed by atoms with Crippen molar-refractivity contribution in [2.75, 3.05) is 7.11 Å². The van der Waals surface area contributed by atoms with Crippen molar-refractivity contribution in [3.63, 3.8) is 0 Å². The summed E-state index contributed by atoms with van der Waals surface area (Å²) in [5.41, 5.74) is 3.09. The van der Waals surface area contributed by atoms with Crippen molar-refractivity contribution >= 4 is 44.7 Å². The van der Waals surface area contributed by atoms with Gasteiger partial charge in [-0.3, -0.25) is 0 Å². The normalized spacial score (nSPS) is 11.0. The van der Waals surface area contributed by atoms with Crippen LogP contribution < -0.4 is 4.74 Å². The van der Waals surface area contributed by atoms with Gasteiger partial charge in [0.25, 0.3) is 0 Å². The summed E-state index contributed by atoms with van der Waals surface area (Å²) in [5.74, 6) is 1.64. The molecule has 4 aromatic rings. The minimum atomic E-state index is 0.787. The lowest BCUT2D eigenvalue weighted by Gasteiger charge is -2.04. The summed E-state index contributed by atoms with van der Waals surface area (Å²) >= 11 is 5.01. The number of fused-ring (bicyclic) bond motifs is 1. The van der Waals surface area contributed by atoms with Gasteiger partial charge in [-0.25, -0.2) is 15.0 Å². The third-order valence-corrected chi connectivity index (χ3v) is 6.44. The standard InChI is InChI=1S/C17H13N3OS3/c1-21-14-5-3-2-4-12(14)16-20-11(8-23-16)9-24-17-15-13(6-7-22-15)18-10-19-17/h2-8,10H,9H2,1H3. The van der Waals surface area contributed by atoms with Crippen molar-refractivity contribution in [1.29, 1.82) is 0 Å². The first-order valence-corrected chi connectivity index (χ1v) is 9.98. The van der Waals surface area contributed by atoms with Gasteiger partial charge >= 0.3 is 0 Å². The number of hydrogen-bond acceptors (Lipinski definition) is 7. The van der Waals surface area contributed by atoms with E-state index in [0.29, 0.717) is 0 Å². The van der Waals surface area contributed by atoms with Gasteiger partial charge in [-0.15, -0.1) is 22.7 Å². The molecule has 0 fully saturated rings. The monoisotopic (exact) mass is 371 g/mol. The van der Waals surface area contributed by atoms with Gasteiger partial charge in [0.2, 0.25) is 0 Å². The summed E-state index contributed by atoms with van der Waals surface area (Å²) in [5, 5.41) is 6.14. The van der Waals surface area contributed by atoms with E-state index in [4.69, 9.17) is 9.72 Å². The fourth-order valence-electron chi connectivity index (χ4n) is 2.33. The Morgan fingerprint density at radius 1 is 1.12 bits per heavy atom. The molecule has 0 amide bonds. The van der Waals surface area contributed by atoms with Crippen molar-refractivity contribution in [1.82, 2.24) is 15.0 Å². The van der Waals surface area contributed by atoms with E-state index in [1.54, 1.807) is 47.9 Å². The lowest BCUT2D eigenvalue weighted by Crippen LogP contribution is -1.88. The highest BCUT2D eigenvalue weighted by atomic mass is 32.2. The van der Waals surface area contributed by atoms with Crippen LogP contribution in [0.1, 0.15) is 5.69 Å². The van der Waals surface area contributed by atoms with Crippen LogP contribution in [0.3, 0.4) is 0 Å². The summed E-state index contributed by atoms with van der Waals surface area (Å²) in [6.07, 6.45) is 1.62. The Balaban J connectivity index is 1.54. The highest BCUT2D eigenvalue weighted by molar-refractivity contribution is 7.98. The average Bonchev–Trinajstić information content (AvgIpc) is 3.29. The number of thiophene rings is 1. The Morgan fingerprint density at radius 2 is 2.04 bits per heavy atom. The number of ether oxygens (including phenoxy) is 1. The summed E-state index contributed by atoms with van der Waals surface area (Å²) in [4.78, 5) is 13.4. The van der Waals surface area contributed by atoms with E-state index in [-0.39, 0.29) is 0 Å². The molecule has 0 aliphatic heterocycles. The van der Waals surface area contributed by atoms with Crippen LogP contribution in [0, 0.1) is 0 Å². The lowest BCUT2D eigenvalue weighted by molar-refractivity contribution is 0.416. The minimum absolute atomic E-state index is 0.787. The van der Waals surface area contributed by atoms with Crippen molar-refractivity contribution in [3.05, 3.63) is 53.1 Å². The van der Waals surface area contributed by atoms with Crippen molar-refractivity contribution < 1.29 is 4.74 Å². The van der Waals surface area contributed by atoms with Crippen molar-refractivity contribution in [3.8, 4) is 16.3 Å². The van der Waals surface area contributed by atoms with Crippen LogP contribution in [0.4, 0.5) is 0 Å². The smallest absolute Gasteiger partial charge is 0.129 e. The molecule has 0 saturated carbocycles. The predicted octanol–water partition coefficient (Wildman–Crippen LogP) is 5.12. The predicted molar refractivity (Wildman–Crippen MR) is 101 cm³/mol. The van der Waals surface area contributed by atoms with Crippen LogP contribution in [0.2, 0.25) is 0 Å². The second-order valence-electron chi connectivity index (χ2n) is 4.95. The van der Waals surface area contributed by atoms with Crippen LogP contribution in [-0.4, -0.2) is 22.1 Å². The summed E-state index contributed by atoms with van der Waals surface area (Å²) in [6.45, 7) is 0. The van der Waals surface area contributed by atoms with Gasteiger partial charge in [0.15, 0.2) is 0 Å². The minimum Gasteiger partial charge on any atom is -0.496 e. The van der Waals surface area contributed by atoms with E-state index in [9.17, 15) is 0 Å². The first-order valence-electron chi connectivity index (χ1n) is 7.24. The molecule has 0 radical (unpaired) electrons. The molecule has 24 heavy (non-hydrogen) atoms. The van der Waals surface area contributed by atoms with Crippen LogP contribution in [0.15, 0.2) is 52.4 Å².